The highest BCUT2D eigenvalue weighted by Gasteiger charge is 2.15. The minimum absolute atomic E-state index is 0.825. The molecule has 0 radical (unpaired) electrons. The van der Waals surface area contributed by atoms with Gasteiger partial charge in [-0.1, -0.05) is 66.7 Å². The Kier molecular flexibility index (Phi) is 6.06. The number of benzene rings is 2. The number of nitrogens with zero attached hydrogens (tertiary/aromatic N) is 5. The van der Waals surface area contributed by atoms with E-state index in [9.17, 15) is 0 Å². The number of pyridine rings is 1. The van der Waals surface area contributed by atoms with Crippen molar-refractivity contribution in [3.8, 4) is 0 Å². The molecule has 0 saturated carbocycles. The van der Waals surface area contributed by atoms with Gasteiger partial charge in [-0.25, -0.2) is 0 Å². The van der Waals surface area contributed by atoms with Gasteiger partial charge in [-0.2, -0.15) is 0 Å². The molecule has 3 aromatic rings. The maximum absolute atomic E-state index is 4.93. The van der Waals surface area contributed by atoms with Gasteiger partial charge in [0.05, 0.1) is 37.8 Å². The quantitative estimate of drug-likeness (QED) is 0.529. The Balaban J connectivity index is 1.11. The first-order valence-electron chi connectivity index (χ1n) is 11.2. The highest BCUT2D eigenvalue weighted by atomic mass is 15.3. The van der Waals surface area contributed by atoms with Crippen molar-refractivity contribution in [2.75, 3.05) is 13.3 Å². The molecular formula is C27H29N5. The van der Waals surface area contributed by atoms with Crippen LogP contribution in [0.4, 0.5) is 0 Å². The van der Waals surface area contributed by atoms with Crippen molar-refractivity contribution in [3.05, 3.63) is 126 Å². The van der Waals surface area contributed by atoms with E-state index in [1.54, 1.807) is 0 Å². The second-order valence-corrected chi connectivity index (χ2v) is 8.46. The van der Waals surface area contributed by atoms with Crippen LogP contribution in [0, 0.1) is 0 Å². The maximum atomic E-state index is 4.93. The van der Waals surface area contributed by atoms with E-state index in [0.29, 0.717) is 0 Å². The van der Waals surface area contributed by atoms with E-state index >= 15 is 0 Å². The molecule has 0 amide bonds. The van der Waals surface area contributed by atoms with Crippen LogP contribution in [0.25, 0.3) is 0 Å². The predicted molar refractivity (Wildman–Crippen MR) is 127 cm³/mol. The Bertz CT molecular complexity index is 981. The molecule has 0 saturated heterocycles. The molecule has 162 valence electrons. The van der Waals surface area contributed by atoms with Gasteiger partial charge in [-0.05, 0) is 23.3 Å². The molecule has 5 nitrogen and oxygen atoms in total. The first kappa shape index (κ1) is 20.2. The molecule has 1 aromatic heterocycles. The van der Waals surface area contributed by atoms with Gasteiger partial charge in [-0.15, -0.1) is 0 Å². The summed E-state index contributed by atoms with van der Waals surface area (Å²) in [5.41, 5.74) is 4.88. The van der Waals surface area contributed by atoms with Gasteiger partial charge in [0.1, 0.15) is 0 Å². The van der Waals surface area contributed by atoms with Crippen molar-refractivity contribution in [3.63, 3.8) is 0 Å². The lowest BCUT2D eigenvalue weighted by atomic mass is 10.2. The van der Waals surface area contributed by atoms with Crippen LogP contribution in [0.15, 0.2) is 104 Å². The van der Waals surface area contributed by atoms with E-state index in [2.05, 4.69) is 123 Å². The molecule has 5 rings (SSSR count). The van der Waals surface area contributed by atoms with Crippen LogP contribution >= 0.6 is 0 Å². The smallest absolute Gasteiger partial charge is 0.0901 e. The highest BCUT2D eigenvalue weighted by molar-refractivity contribution is 5.17. The molecule has 0 fully saturated rings. The zero-order valence-corrected chi connectivity index (χ0v) is 18.3. The molecule has 0 aliphatic carbocycles. The molecule has 2 aromatic carbocycles. The third-order valence-corrected chi connectivity index (χ3v) is 5.75. The normalized spacial score (nSPS) is 15.2. The van der Waals surface area contributed by atoms with E-state index in [4.69, 9.17) is 4.98 Å². The minimum Gasteiger partial charge on any atom is -0.354 e. The van der Waals surface area contributed by atoms with Crippen LogP contribution in [-0.4, -0.2) is 37.9 Å². The van der Waals surface area contributed by atoms with E-state index in [1.807, 2.05) is 0 Å². The Morgan fingerprint density at radius 1 is 0.469 bits per heavy atom. The fourth-order valence-corrected chi connectivity index (χ4v) is 4.20. The summed E-state index contributed by atoms with van der Waals surface area (Å²) in [5, 5.41) is 0. The lowest BCUT2D eigenvalue weighted by molar-refractivity contribution is 0.248. The third kappa shape index (κ3) is 5.30. The molecular weight excluding hydrogens is 394 g/mol. The first-order chi connectivity index (χ1) is 15.8. The predicted octanol–water partition coefficient (Wildman–Crippen LogP) is 4.57. The van der Waals surface area contributed by atoms with Crippen molar-refractivity contribution < 1.29 is 0 Å². The van der Waals surface area contributed by atoms with Crippen molar-refractivity contribution in [2.45, 2.75) is 26.2 Å². The first-order valence-corrected chi connectivity index (χ1v) is 11.2. The fourth-order valence-electron chi connectivity index (χ4n) is 4.20. The second-order valence-electron chi connectivity index (χ2n) is 8.46. The lowest BCUT2D eigenvalue weighted by Gasteiger charge is -2.22. The number of hydrogen-bond acceptors (Lipinski definition) is 5. The summed E-state index contributed by atoms with van der Waals surface area (Å²) in [6.45, 7) is 5.30. The zero-order valence-electron chi connectivity index (χ0n) is 18.3. The summed E-state index contributed by atoms with van der Waals surface area (Å²) in [6.07, 6.45) is 8.68. The zero-order chi connectivity index (χ0) is 21.6. The van der Waals surface area contributed by atoms with Gasteiger partial charge < -0.3 is 19.6 Å². The highest BCUT2D eigenvalue weighted by Crippen LogP contribution is 2.17. The van der Waals surface area contributed by atoms with Gasteiger partial charge in [0.2, 0.25) is 0 Å². The summed E-state index contributed by atoms with van der Waals surface area (Å²) in [4.78, 5) is 14.2. The van der Waals surface area contributed by atoms with Crippen LogP contribution < -0.4 is 0 Å². The second kappa shape index (κ2) is 9.60. The standard InChI is InChI=1S/C27H29N5/c1-3-8-24(9-4-1)18-29-14-16-31(22-29)20-26-12-7-13-27(28-26)21-32-17-15-30(23-32)19-25-10-5-2-6-11-25/h1-17H,18-23H2. The van der Waals surface area contributed by atoms with Crippen molar-refractivity contribution in [2.24, 2.45) is 0 Å². The molecule has 0 unspecified atom stereocenters. The Morgan fingerprint density at radius 2 is 0.875 bits per heavy atom. The number of aromatic nitrogens is 1. The molecule has 2 aliphatic heterocycles. The van der Waals surface area contributed by atoms with Crippen LogP contribution in [0.2, 0.25) is 0 Å². The van der Waals surface area contributed by atoms with Crippen molar-refractivity contribution in [1.29, 1.82) is 0 Å². The SMILES string of the molecule is C1=CN(Cc2cccc(CN3C=CN(Cc4ccccc4)C3)n2)CN1Cc1ccccc1. The van der Waals surface area contributed by atoms with Gasteiger partial charge in [-0.3, -0.25) is 4.98 Å². The fraction of sp³-hybridized carbons (Fsp3) is 0.222. The van der Waals surface area contributed by atoms with Gasteiger partial charge in [0, 0.05) is 37.9 Å². The number of rotatable bonds is 8. The summed E-state index contributed by atoms with van der Waals surface area (Å²) >= 11 is 0. The molecule has 0 atom stereocenters. The van der Waals surface area contributed by atoms with Gasteiger partial charge in [0.25, 0.3) is 0 Å². The Morgan fingerprint density at radius 3 is 1.31 bits per heavy atom. The van der Waals surface area contributed by atoms with Crippen LogP contribution in [0.5, 0.6) is 0 Å². The summed E-state index contributed by atoms with van der Waals surface area (Å²) in [7, 11) is 0. The van der Waals surface area contributed by atoms with E-state index in [0.717, 1.165) is 50.9 Å². The minimum atomic E-state index is 0.825. The maximum Gasteiger partial charge on any atom is 0.0901 e. The third-order valence-electron chi connectivity index (χ3n) is 5.75. The molecule has 3 heterocycles. The average Bonchev–Trinajstić information content (AvgIpc) is 3.44. The van der Waals surface area contributed by atoms with Crippen LogP contribution in [0.3, 0.4) is 0 Å². The van der Waals surface area contributed by atoms with E-state index in [1.165, 1.54) is 11.1 Å². The van der Waals surface area contributed by atoms with Crippen molar-refractivity contribution in [1.82, 2.24) is 24.6 Å². The Labute approximate surface area is 190 Å². The van der Waals surface area contributed by atoms with Gasteiger partial charge in [0.15, 0.2) is 0 Å². The molecule has 2 aliphatic rings. The van der Waals surface area contributed by atoms with E-state index < -0.39 is 0 Å². The molecule has 32 heavy (non-hydrogen) atoms. The Hall–Kier alpha value is -3.73. The monoisotopic (exact) mass is 423 g/mol. The largest absolute Gasteiger partial charge is 0.354 e. The molecule has 0 bridgehead atoms. The lowest BCUT2D eigenvalue weighted by Crippen LogP contribution is -2.26. The summed E-state index contributed by atoms with van der Waals surface area (Å²) in [6, 6.07) is 27.6. The molecule has 0 N–H and O–H groups in total. The van der Waals surface area contributed by atoms with Gasteiger partial charge >= 0.3 is 0 Å². The number of hydrogen-bond donors (Lipinski definition) is 0. The average molecular weight is 424 g/mol. The summed E-state index contributed by atoms with van der Waals surface area (Å²) in [5.74, 6) is 0. The topological polar surface area (TPSA) is 25.9 Å². The molecule has 5 heteroatoms. The summed E-state index contributed by atoms with van der Waals surface area (Å²) < 4.78 is 0. The molecule has 0 spiro atoms. The van der Waals surface area contributed by atoms with Crippen LogP contribution in [0.1, 0.15) is 22.5 Å². The van der Waals surface area contributed by atoms with Crippen molar-refractivity contribution >= 4 is 0 Å². The van der Waals surface area contributed by atoms with Crippen LogP contribution in [-0.2, 0) is 26.2 Å². The van der Waals surface area contributed by atoms with E-state index in [-0.39, 0.29) is 0 Å².